The molecule has 1 fully saturated rings. The number of hydrogen-bond acceptors (Lipinski definition) is 3. The summed E-state index contributed by atoms with van der Waals surface area (Å²) in [5.41, 5.74) is 5.56. The first kappa shape index (κ1) is 13.9. The zero-order valence-electron chi connectivity index (χ0n) is 10.6. The Bertz CT molecular complexity index is 214. The molecule has 0 bridgehead atoms. The van der Waals surface area contributed by atoms with E-state index >= 15 is 0 Å². The van der Waals surface area contributed by atoms with Crippen LogP contribution in [0.4, 0.5) is 0 Å². The minimum Gasteiger partial charge on any atom is -0.393 e. The molecule has 1 aliphatic heterocycles. The average Bonchev–Trinajstić information content (AvgIpc) is 2.69. The Hall–Kier alpha value is -0.190. The van der Waals surface area contributed by atoms with E-state index in [1.165, 1.54) is 38.9 Å². The van der Waals surface area contributed by atoms with Gasteiger partial charge in [-0.2, -0.15) is 0 Å². The molecule has 94 valence electrons. The quantitative estimate of drug-likeness (QED) is 0.686. The van der Waals surface area contributed by atoms with Crippen molar-refractivity contribution >= 4 is 17.2 Å². The van der Waals surface area contributed by atoms with E-state index in [0.29, 0.717) is 11.0 Å². The smallest absolute Gasteiger partial charge is 0.0742 e. The van der Waals surface area contributed by atoms with Gasteiger partial charge in [-0.3, -0.25) is 0 Å². The molecule has 1 heterocycles. The summed E-state index contributed by atoms with van der Waals surface area (Å²) < 4.78 is 0. The zero-order chi connectivity index (χ0) is 12.0. The summed E-state index contributed by atoms with van der Waals surface area (Å²) >= 11 is 4.93. The molecule has 1 rings (SSSR count). The molecule has 0 amide bonds. The van der Waals surface area contributed by atoms with Gasteiger partial charge < -0.3 is 15.5 Å². The lowest BCUT2D eigenvalue weighted by Crippen LogP contribution is -2.34. The lowest BCUT2D eigenvalue weighted by Gasteiger charge is -2.25. The van der Waals surface area contributed by atoms with Crippen molar-refractivity contribution in [1.82, 2.24) is 9.80 Å². The van der Waals surface area contributed by atoms with Gasteiger partial charge in [0.1, 0.15) is 0 Å². The normalized spacial score (nSPS) is 19.2. The lowest BCUT2D eigenvalue weighted by atomic mass is 10.2. The predicted molar refractivity (Wildman–Crippen MR) is 73.8 cm³/mol. The summed E-state index contributed by atoms with van der Waals surface area (Å²) in [4.78, 5) is 5.54. The van der Waals surface area contributed by atoms with Gasteiger partial charge in [0.15, 0.2) is 0 Å². The van der Waals surface area contributed by atoms with Crippen LogP contribution in [0.25, 0.3) is 0 Å². The topological polar surface area (TPSA) is 32.5 Å². The molecule has 1 unspecified atom stereocenters. The highest BCUT2D eigenvalue weighted by atomic mass is 32.1. The van der Waals surface area contributed by atoms with Crippen LogP contribution in [-0.4, -0.2) is 54.1 Å². The maximum absolute atomic E-state index is 5.56. The average molecular weight is 243 g/mol. The minimum atomic E-state index is 0.469. The Morgan fingerprint density at radius 1 is 1.44 bits per heavy atom. The van der Waals surface area contributed by atoms with Crippen molar-refractivity contribution < 1.29 is 0 Å². The number of likely N-dealkylation sites (tertiary alicyclic amines) is 1. The van der Waals surface area contributed by atoms with Crippen molar-refractivity contribution in [3.8, 4) is 0 Å². The van der Waals surface area contributed by atoms with E-state index in [2.05, 4.69) is 23.8 Å². The van der Waals surface area contributed by atoms with E-state index < -0.39 is 0 Å². The molecule has 4 heteroatoms. The van der Waals surface area contributed by atoms with Crippen molar-refractivity contribution in [2.75, 3.05) is 33.2 Å². The molecular weight excluding hydrogens is 218 g/mol. The summed E-state index contributed by atoms with van der Waals surface area (Å²) in [5, 5.41) is 0. The van der Waals surface area contributed by atoms with Gasteiger partial charge in [0.2, 0.25) is 0 Å². The summed E-state index contributed by atoms with van der Waals surface area (Å²) in [6.07, 6.45) is 4.84. The zero-order valence-corrected chi connectivity index (χ0v) is 11.4. The Balaban J connectivity index is 2.08. The second kappa shape index (κ2) is 7.20. The van der Waals surface area contributed by atoms with Crippen LogP contribution in [0, 0.1) is 0 Å². The molecule has 0 aromatic rings. The van der Waals surface area contributed by atoms with Crippen LogP contribution in [0.5, 0.6) is 0 Å². The summed E-state index contributed by atoms with van der Waals surface area (Å²) in [5.74, 6) is 0. The third kappa shape index (κ3) is 5.23. The molecule has 16 heavy (non-hydrogen) atoms. The van der Waals surface area contributed by atoms with Gasteiger partial charge >= 0.3 is 0 Å². The van der Waals surface area contributed by atoms with Gasteiger partial charge in [-0.1, -0.05) is 12.2 Å². The van der Waals surface area contributed by atoms with Gasteiger partial charge in [0, 0.05) is 12.5 Å². The standard InChI is InChI=1S/C12H25N3S/c1-11(10-12(13)16)14(2)6-5-9-15-7-3-4-8-15/h11H,3-10H2,1-2H3,(H2,13,16). The van der Waals surface area contributed by atoms with E-state index in [1.807, 2.05) is 0 Å². The van der Waals surface area contributed by atoms with E-state index in [-0.39, 0.29) is 0 Å². The Morgan fingerprint density at radius 2 is 2.06 bits per heavy atom. The molecule has 0 aromatic carbocycles. The van der Waals surface area contributed by atoms with Crippen molar-refractivity contribution in [3.63, 3.8) is 0 Å². The second-order valence-corrected chi connectivity index (χ2v) is 5.43. The molecule has 2 N–H and O–H groups in total. The van der Waals surface area contributed by atoms with E-state index in [4.69, 9.17) is 18.0 Å². The molecule has 1 aliphatic rings. The molecule has 0 saturated carbocycles. The van der Waals surface area contributed by atoms with Crippen molar-refractivity contribution in [1.29, 1.82) is 0 Å². The summed E-state index contributed by atoms with van der Waals surface area (Å²) in [7, 11) is 2.16. The van der Waals surface area contributed by atoms with Gasteiger partial charge in [0.05, 0.1) is 4.99 Å². The number of rotatable bonds is 7. The van der Waals surface area contributed by atoms with Crippen molar-refractivity contribution in [2.45, 2.75) is 38.6 Å². The first-order valence-corrected chi connectivity index (χ1v) is 6.71. The Kier molecular flexibility index (Phi) is 6.24. The largest absolute Gasteiger partial charge is 0.393 e. The molecule has 0 radical (unpaired) electrons. The SMILES string of the molecule is CC(CC(N)=S)N(C)CCCN1CCCC1. The number of thiocarbonyl (C=S) groups is 1. The molecule has 0 aliphatic carbocycles. The summed E-state index contributed by atoms with van der Waals surface area (Å²) in [6.45, 7) is 7.16. The minimum absolute atomic E-state index is 0.469. The molecule has 3 nitrogen and oxygen atoms in total. The van der Waals surface area contributed by atoms with Crippen molar-refractivity contribution in [3.05, 3.63) is 0 Å². The number of nitrogens with two attached hydrogens (primary N) is 1. The fourth-order valence-electron chi connectivity index (χ4n) is 2.22. The molecule has 0 spiro atoms. The van der Waals surface area contributed by atoms with Gasteiger partial charge in [0.25, 0.3) is 0 Å². The van der Waals surface area contributed by atoms with E-state index in [0.717, 1.165) is 13.0 Å². The van der Waals surface area contributed by atoms with E-state index in [9.17, 15) is 0 Å². The maximum atomic E-state index is 5.56. The van der Waals surface area contributed by atoms with Crippen LogP contribution < -0.4 is 5.73 Å². The van der Waals surface area contributed by atoms with Crippen LogP contribution in [0.15, 0.2) is 0 Å². The van der Waals surface area contributed by atoms with Gasteiger partial charge in [-0.25, -0.2) is 0 Å². The predicted octanol–water partition coefficient (Wildman–Crippen LogP) is 1.47. The van der Waals surface area contributed by atoms with Crippen LogP contribution >= 0.6 is 12.2 Å². The lowest BCUT2D eigenvalue weighted by molar-refractivity contribution is 0.238. The van der Waals surface area contributed by atoms with Gasteiger partial charge in [-0.15, -0.1) is 0 Å². The summed E-state index contributed by atoms with van der Waals surface area (Å²) in [6, 6.07) is 0.469. The molecule has 1 saturated heterocycles. The highest BCUT2D eigenvalue weighted by Crippen LogP contribution is 2.08. The fraction of sp³-hybridized carbons (Fsp3) is 0.917. The molecule has 0 aromatic heterocycles. The van der Waals surface area contributed by atoms with Crippen LogP contribution in [0.2, 0.25) is 0 Å². The number of hydrogen-bond donors (Lipinski definition) is 1. The third-order valence-electron chi connectivity index (χ3n) is 3.43. The monoisotopic (exact) mass is 243 g/mol. The van der Waals surface area contributed by atoms with Crippen LogP contribution in [0.1, 0.15) is 32.6 Å². The molecule has 1 atom stereocenters. The highest BCUT2D eigenvalue weighted by Gasteiger charge is 2.13. The molecular formula is C12H25N3S. The maximum Gasteiger partial charge on any atom is 0.0742 e. The third-order valence-corrected chi connectivity index (χ3v) is 3.60. The van der Waals surface area contributed by atoms with Crippen LogP contribution in [0.3, 0.4) is 0 Å². The first-order chi connectivity index (χ1) is 7.59. The van der Waals surface area contributed by atoms with Crippen molar-refractivity contribution in [2.24, 2.45) is 5.73 Å². The van der Waals surface area contributed by atoms with Gasteiger partial charge in [-0.05, 0) is 59.4 Å². The number of nitrogens with zero attached hydrogens (tertiary/aromatic N) is 2. The Labute approximate surface area is 105 Å². The second-order valence-electron chi connectivity index (χ2n) is 4.90. The Morgan fingerprint density at radius 3 is 2.62 bits per heavy atom. The highest BCUT2D eigenvalue weighted by molar-refractivity contribution is 7.80. The first-order valence-electron chi connectivity index (χ1n) is 6.30. The fourth-order valence-corrected chi connectivity index (χ4v) is 2.46. The van der Waals surface area contributed by atoms with E-state index in [1.54, 1.807) is 0 Å². The van der Waals surface area contributed by atoms with Crippen LogP contribution in [-0.2, 0) is 0 Å².